The molecule has 14 aromatic carbocycles. The molecule has 18 aromatic rings. The van der Waals surface area contributed by atoms with E-state index in [4.69, 9.17) is 0 Å². The van der Waals surface area contributed by atoms with Gasteiger partial charge in [0.1, 0.15) is 0 Å². The van der Waals surface area contributed by atoms with Crippen LogP contribution in [0.3, 0.4) is 0 Å². The summed E-state index contributed by atoms with van der Waals surface area (Å²) in [7, 11) is -6.00. The van der Waals surface area contributed by atoms with Gasteiger partial charge in [0.2, 0.25) is 0 Å². The molecule has 0 saturated carbocycles. The molecule has 4 aromatic heterocycles. The highest BCUT2D eigenvalue weighted by atomic mass is 32.1. The molecule has 0 aliphatic heterocycles. The zero-order valence-corrected chi connectivity index (χ0v) is 54.1. The molecule has 0 radical (unpaired) electrons. The summed E-state index contributed by atoms with van der Waals surface area (Å²) < 4.78 is 10.7. The van der Waals surface area contributed by atoms with E-state index in [2.05, 4.69) is 328 Å². The van der Waals surface area contributed by atoms with Crippen LogP contribution in [-0.2, 0) is 0 Å². The lowest BCUT2D eigenvalue weighted by Crippen LogP contribution is -2.74. The summed E-state index contributed by atoms with van der Waals surface area (Å²) in [5.74, 6) is 0. The van der Waals surface area contributed by atoms with Crippen molar-refractivity contribution < 1.29 is 0 Å². The van der Waals surface area contributed by atoms with Crippen LogP contribution < -0.4 is 41.5 Å². The lowest BCUT2D eigenvalue weighted by atomic mass is 9.97. The SMILES string of the molecule is c1ccc([Si](c2ccccc2)(c2cccc(-c3cccc4c3sc3ccccc34)c2)c2cccc(-c3cccc4c3sc3ccc(-c5cccc6sc7c([Si](c8ccccc8)(c8ccccc8)c8cccc9c8sc8ccccc89)cccc7c56)cc34)c2)cc1. The van der Waals surface area contributed by atoms with Crippen LogP contribution in [0, 0.1) is 0 Å². The van der Waals surface area contributed by atoms with Crippen LogP contribution >= 0.6 is 45.3 Å². The zero-order valence-electron chi connectivity index (χ0n) is 48.8. The predicted octanol–water partition coefficient (Wildman–Crippen LogP) is 18.9. The number of hydrogen-bond acceptors (Lipinski definition) is 4. The van der Waals surface area contributed by atoms with Gasteiger partial charge in [0.05, 0.1) is 0 Å². The summed E-state index contributed by atoms with van der Waals surface area (Å²) >= 11 is 7.74. The van der Waals surface area contributed by atoms with E-state index in [0.717, 1.165) is 0 Å². The molecule has 422 valence electrons. The number of benzene rings is 14. The van der Waals surface area contributed by atoms with Crippen molar-refractivity contribution in [3.63, 3.8) is 0 Å². The maximum Gasteiger partial charge on any atom is 0.182 e. The summed E-state index contributed by atoms with van der Waals surface area (Å²) in [6.45, 7) is 0. The molecule has 0 nitrogen and oxygen atoms in total. The van der Waals surface area contributed by atoms with Gasteiger partial charge in [0.15, 0.2) is 16.1 Å². The molecule has 0 saturated heterocycles. The second-order valence-electron chi connectivity index (χ2n) is 23.6. The van der Waals surface area contributed by atoms with Gasteiger partial charge in [-0.3, -0.25) is 0 Å². The lowest BCUT2D eigenvalue weighted by molar-refractivity contribution is 1.64. The van der Waals surface area contributed by atoms with Crippen molar-refractivity contribution >= 4 is 184 Å². The molecule has 0 aliphatic carbocycles. The molecular weight excluding hydrogens is 1190 g/mol. The van der Waals surface area contributed by atoms with Gasteiger partial charge < -0.3 is 0 Å². The maximum atomic E-state index is 2.54. The predicted molar refractivity (Wildman–Crippen MR) is 402 cm³/mol. The van der Waals surface area contributed by atoms with E-state index in [0.29, 0.717) is 0 Å². The van der Waals surface area contributed by atoms with Crippen LogP contribution in [0.5, 0.6) is 0 Å². The van der Waals surface area contributed by atoms with Crippen LogP contribution in [-0.4, -0.2) is 16.1 Å². The highest BCUT2D eigenvalue weighted by Crippen LogP contribution is 2.46. The molecule has 0 bridgehead atoms. The third-order valence-electron chi connectivity index (χ3n) is 19.0. The first-order chi connectivity index (χ1) is 44.6. The minimum Gasteiger partial charge on any atom is -0.135 e. The molecule has 90 heavy (non-hydrogen) atoms. The van der Waals surface area contributed by atoms with Crippen molar-refractivity contribution in [2.45, 2.75) is 0 Å². The Bertz CT molecular complexity index is 5720. The number of fused-ring (bicyclic) bond motifs is 12. The Morgan fingerprint density at radius 2 is 0.533 bits per heavy atom. The van der Waals surface area contributed by atoms with Gasteiger partial charge in [-0.05, 0) is 105 Å². The Morgan fingerprint density at radius 1 is 0.189 bits per heavy atom. The summed E-state index contributed by atoms with van der Waals surface area (Å²) in [6, 6.07) is 125. The summed E-state index contributed by atoms with van der Waals surface area (Å²) in [5.41, 5.74) is 7.54. The van der Waals surface area contributed by atoms with E-state index in [1.54, 1.807) is 0 Å². The van der Waals surface area contributed by atoms with E-state index in [-0.39, 0.29) is 0 Å². The van der Waals surface area contributed by atoms with Crippen LogP contribution in [0.15, 0.2) is 328 Å². The van der Waals surface area contributed by atoms with Gasteiger partial charge in [-0.25, -0.2) is 0 Å². The van der Waals surface area contributed by atoms with Gasteiger partial charge in [0.25, 0.3) is 0 Å². The van der Waals surface area contributed by atoms with E-state index >= 15 is 0 Å². The van der Waals surface area contributed by atoms with Crippen molar-refractivity contribution in [2.75, 3.05) is 0 Å². The summed E-state index contributed by atoms with van der Waals surface area (Å²) in [5, 5.41) is 21.7. The van der Waals surface area contributed by atoms with Gasteiger partial charge in [0, 0.05) is 80.7 Å². The Labute approximate surface area is 540 Å². The first-order valence-corrected chi connectivity index (χ1v) is 38.0. The molecule has 18 rings (SSSR count). The Morgan fingerprint density at radius 3 is 1.08 bits per heavy atom. The van der Waals surface area contributed by atoms with Crippen molar-refractivity contribution in [3.05, 3.63) is 328 Å². The largest absolute Gasteiger partial charge is 0.182 e. The molecule has 0 N–H and O–H groups in total. The Hall–Kier alpha value is -9.61. The molecule has 0 aliphatic rings. The average molecular weight is 1250 g/mol. The maximum absolute atomic E-state index is 3.01. The van der Waals surface area contributed by atoms with Crippen molar-refractivity contribution in [1.29, 1.82) is 0 Å². The van der Waals surface area contributed by atoms with Gasteiger partial charge in [-0.15, -0.1) is 45.3 Å². The highest BCUT2D eigenvalue weighted by molar-refractivity contribution is 7.34. The van der Waals surface area contributed by atoms with E-state index < -0.39 is 16.1 Å². The second kappa shape index (κ2) is 21.6. The first-order valence-electron chi connectivity index (χ1n) is 30.8. The minimum absolute atomic E-state index is 1.24. The Kier molecular flexibility index (Phi) is 12.8. The molecule has 4 heterocycles. The van der Waals surface area contributed by atoms with Crippen LogP contribution in [0.2, 0.25) is 0 Å². The van der Waals surface area contributed by atoms with E-state index in [1.165, 1.54) is 156 Å². The van der Waals surface area contributed by atoms with Gasteiger partial charge in [-0.2, -0.15) is 0 Å². The third kappa shape index (κ3) is 8.19. The van der Waals surface area contributed by atoms with E-state index in [1.807, 2.05) is 45.3 Å². The van der Waals surface area contributed by atoms with Crippen molar-refractivity contribution in [1.82, 2.24) is 0 Å². The third-order valence-corrected chi connectivity index (χ3v) is 33.8. The molecule has 6 heteroatoms. The van der Waals surface area contributed by atoms with Gasteiger partial charge in [-0.1, -0.05) is 297 Å². The molecule has 0 amide bonds. The summed E-state index contributed by atoms with van der Waals surface area (Å²) in [6.07, 6.45) is 0. The van der Waals surface area contributed by atoms with Gasteiger partial charge >= 0.3 is 0 Å². The molecule has 0 unspecified atom stereocenters. The van der Waals surface area contributed by atoms with E-state index in [9.17, 15) is 0 Å². The molecule has 0 spiro atoms. The van der Waals surface area contributed by atoms with Crippen LogP contribution in [0.4, 0.5) is 0 Å². The lowest BCUT2D eigenvalue weighted by Gasteiger charge is -2.35. The number of thiophene rings is 4. The molecular formula is C84H54S4Si2. The average Bonchev–Trinajstić information content (AvgIpc) is 1.22. The van der Waals surface area contributed by atoms with Crippen molar-refractivity contribution in [3.8, 4) is 33.4 Å². The van der Waals surface area contributed by atoms with Crippen molar-refractivity contribution in [2.24, 2.45) is 0 Å². The van der Waals surface area contributed by atoms with Crippen LogP contribution in [0.25, 0.3) is 114 Å². The highest BCUT2D eigenvalue weighted by Gasteiger charge is 2.45. The first kappa shape index (κ1) is 53.4. The Balaban J connectivity index is 0.793. The number of rotatable bonds is 11. The fourth-order valence-electron chi connectivity index (χ4n) is 15.1. The monoisotopic (exact) mass is 1250 g/mol. The fourth-order valence-corrected chi connectivity index (χ4v) is 30.8. The second-order valence-corrected chi connectivity index (χ2v) is 35.4. The number of hydrogen-bond donors (Lipinski definition) is 0. The molecule has 0 fully saturated rings. The minimum atomic E-state index is -3.01. The summed E-state index contributed by atoms with van der Waals surface area (Å²) in [4.78, 5) is 0. The smallest absolute Gasteiger partial charge is 0.135 e. The zero-order chi connectivity index (χ0) is 59.3. The normalized spacial score (nSPS) is 12.2. The standard InChI is InChI=1S/C84H54S4Si2/c1-5-26-58(27-6-1)89(59-28-7-2-8-29-59,62-34-17-24-55(52-62)65-39-19-41-69-67-36-13-15-45-74(67)85-81(65)69)63-35-18-25-56(53-63)66-40-20-42-71-73-54-57(50-51-76(73)86-82(66)71)64-38-21-47-77-80(64)72-44-23-49-79(84(72)88-77)90(60-30-9-3-10-31-60,61-32-11-4-12-33-61)78-48-22-43-70-68-37-14-16-46-75(68)87-83(70)78/h1-54H. The molecule has 0 atom stereocenters. The van der Waals surface area contributed by atoms with Crippen LogP contribution in [0.1, 0.15) is 0 Å². The fraction of sp³-hybridized carbons (Fsp3) is 0. The topological polar surface area (TPSA) is 0 Å². The quantitative estimate of drug-likeness (QED) is 0.0894.